The molecule has 4 heterocycles. The highest BCUT2D eigenvalue weighted by molar-refractivity contribution is 5.87. The van der Waals surface area contributed by atoms with Crippen LogP contribution in [0.4, 0.5) is 10.6 Å². The number of anilines is 1. The van der Waals surface area contributed by atoms with Crippen molar-refractivity contribution in [3.8, 4) is 0 Å². The highest BCUT2D eigenvalue weighted by Crippen LogP contribution is 2.26. The number of ether oxygens (including phenoxy) is 1. The molecular weight excluding hydrogens is 246 g/mol. The van der Waals surface area contributed by atoms with Crippen LogP contribution in [0.25, 0.3) is 11.0 Å². The van der Waals surface area contributed by atoms with Crippen LogP contribution in [0.1, 0.15) is 0 Å². The molecule has 0 bridgehead atoms. The molecule has 1 atom stereocenters. The molecule has 19 heavy (non-hydrogen) atoms. The lowest BCUT2D eigenvalue weighted by molar-refractivity contribution is 0.157. The van der Waals surface area contributed by atoms with Gasteiger partial charge >= 0.3 is 6.09 Å². The maximum atomic E-state index is 11.5. The highest BCUT2D eigenvalue weighted by atomic mass is 16.6. The van der Waals surface area contributed by atoms with E-state index in [1.807, 2.05) is 12.3 Å². The van der Waals surface area contributed by atoms with E-state index in [0.29, 0.717) is 13.2 Å². The first-order valence-electron chi connectivity index (χ1n) is 6.29. The number of carbonyl (C=O) groups excluding carboxylic acids is 1. The molecule has 2 fully saturated rings. The summed E-state index contributed by atoms with van der Waals surface area (Å²) in [6.45, 7) is 2.67. The van der Waals surface area contributed by atoms with E-state index in [1.165, 1.54) is 0 Å². The zero-order valence-corrected chi connectivity index (χ0v) is 10.2. The van der Waals surface area contributed by atoms with E-state index in [-0.39, 0.29) is 12.1 Å². The van der Waals surface area contributed by atoms with Crippen molar-refractivity contribution in [2.45, 2.75) is 6.04 Å². The Morgan fingerprint density at radius 3 is 3.26 bits per heavy atom. The van der Waals surface area contributed by atoms with Crippen LogP contribution in [0.2, 0.25) is 0 Å². The van der Waals surface area contributed by atoms with Crippen molar-refractivity contribution in [1.29, 1.82) is 0 Å². The number of hydrogen-bond donors (Lipinski definition) is 1. The lowest BCUT2D eigenvalue weighted by atomic mass is 10.2. The fraction of sp³-hybridized carbons (Fsp3) is 0.417. The van der Waals surface area contributed by atoms with Crippen molar-refractivity contribution in [2.75, 3.05) is 31.1 Å². The summed E-state index contributed by atoms with van der Waals surface area (Å²) in [5.41, 5.74) is 0.839. The van der Waals surface area contributed by atoms with Gasteiger partial charge in [0.05, 0.1) is 11.4 Å². The minimum atomic E-state index is -0.195. The fourth-order valence-electron chi connectivity index (χ4n) is 2.79. The molecule has 1 amide bonds. The van der Waals surface area contributed by atoms with Gasteiger partial charge in [0.1, 0.15) is 24.4 Å². The summed E-state index contributed by atoms with van der Waals surface area (Å²) >= 11 is 0. The molecule has 7 nitrogen and oxygen atoms in total. The van der Waals surface area contributed by atoms with Crippen LogP contribution < -0.4 is 4.90 Å². The molecule has 0 radical (unpaired) electrons. The molecular formula is C12H13N5O2. The third-order valence-electron chi connectivity index (χ3n) is 3.75. The van der Waals surface area contributed by atoms with Crippen molar-refractivity contribution in [3.05, 3.63) is 18.6 Å². The smallest absolute Gasteiger partial charge is 0.410 e. The van der Waals surface area contributed by atoms with E-state index < -0.39 is 0 Å². The van der Waals surface area contributed by atoms with Crippen LogP contribution in [-0.4, -0.2) is 58.2 Å². The molecule has 2 aromatic heterocycles. The molecule has 1 unspecified atom stereocenters. The SMILES string of the molecule is O=C1OCC2CN(c3ncnc4[nH]ccc34)CCN12. The summed E-state index contributed by atoms with van der Waals surface area (Å²) in [5, 5.41) is 1.01. The minimum Gasteiger partial charge on any atom is -0.447 e. The molecule has 4 rings (SSSR count). The molecule has 2 aromatic rings. The number of H-pyrrole nitrogens is 1. The zero-order chi connectivity index (χ0) is 12.8. The number of cyclic esters (lactones) is 1. The summed E-state index contributed by atoms with van der Waals surface area (Å²) in [6.07, 6.45) is 3.23. The van der Waals surface area contributed by atoms with E-state index in [4.69, 9.17) is 4.74 Å². The van der Waals surface area contributed by atoms with Gasteiger partial charge in [0, 0.05) is 25.8 Å². The van der Waals surface area contributed by atoms with Gasteiger partial charge in [-0.3, -0.25) is 4.90 Å². The zero-order valence-electron chi connectivity index (χ0n) is 10.2. The number of carbonyl (C=O) groups is 1. The van der Waals surface area contributed by atoms with Crippen molar-refractivity contribution in [1.82, 2.24) is 19.9 Å². The Kier molecular flexibility index (Phi) is 2.14. The largest absolute Gasteiger partial charge is 0.447 e. The van der Waals surface area contributed by atoms with Crippen LogP contribution in [0, 0.1) is 0 Å². The summed E-state index contributed by atoms with van der Waals surface area (Å²) < 4.78 is 5.08. The van der Waals surface area contributed by atoms with Gasteiger partial charge in [-0.05, 0) is 6.07 Å². The number of aromatic amines is 1. The minimum absolute atomic E-state index is 0.130. The highest BCUT2D eigenvalue weighted by Gasteiger charge is 2.38. The molecule has 2 aliphatic rings. The topological polar surface area (TPSA) is 74.3 Å². The first-order chi connectivity index (χ1) is 9.33. The second kappa shape index (κ2) is 3.84. The van der Waals surface area contributed by atoms with Crippen molar-refractivity contribution >= 4 is 22.9 Å². The monoisotopic (exact) mass is 259 g/mol. The van der Waals surface area contributed by atoms with Crippen LogP contribution in [0.3, 0.4) is 0 Å². The number of amides is 1. The van der Waals surface area contributed by atoms with Crippen molar-refractivity contribution in [2.24, 2.45) is 0 Å². The number of rotatable bonds is 1. The molecule has 0 aromatic carbocycles. The second-order valence-electron chi connectivity index (χ2n) is 4.81. The van der Waals surface area contributed by atoms with Crippen LogP contribution >= 0.6 is 0 Å². The number of nitrogens with zero attached hydrogens (tertiary/aromatic N) is 4. The predicted octanol–water partition coefficient (Wildman–Crippen LogP) is 0.599. The normalized spacial score (nSPS) is 22.7. The van der Waals surface area contributed by atoms with E-state index in [2.05, 4.69) is 19.9 Å². The molecule has 1 N–H and O–H groups in total. The van der Waals surface area contributed by atoms with E-state index in [0.717, 1.165) is 29.9 Å². The second-order valence-corrected chi connectivity index (χ2v) is 4.81. The number of nitrogens with one attached hydrogen (secondary N) is 1. The Morgan fingerprint density at radius 1 is 1.37 bits per heavy atom. The molecule has 2 aliphatic heterocycles. The Hall–Kier alpha value is -2.31. The van der Waals surface area contributed by atoms with Gasteiger partial charge in [-0.15, -0.1) is 0 Å². The molecule has 98 valence electrons. The molecule has 0 spiro atoms. The Balaban J connectivity index is 1.67. The maximum Gasteiger partial charge on any atom is 0.410 e. The number of piperazine rings is 1. The first kappa shape index (κ1) is 10.6. The Labute approximate surface area is 109 Å². The van der Waals surface area contributed by atoms with Gasteiger partial charge in [-0.1, -0.05) is 0 Å². The molecule has 0 aliphatic carbocycles. The van der Waals surface area contributed by atoms with E-state index in [9.17, 15) is 4.79 Å². The maximum absolute atomic E-state index is 11.5. The Morgan fingerprint density at radius 2 is 2.32 bits per heavy atom. The quantitative estimate of drug-likeness (QED) is 0.811. The molecule has 7 heteroatoms. The summed E-state index contributed by atoms with van der Waals surface area (Å²) in [4.78, 5) is 27.1. The van der Waals surface area contributed by atoms with Crippen LogP contribution in [0.5, 0.6) is 0 Å². The predicted molar refractivity (Wildman–Crippen MR) is 67.9 cm³/mol. The number of fused-ring (bicyclic) bond motifs is 2. The van der Waals surface area contributed by atoms with Gasteiger partial charge in [0.15, 0.2) is 0 Å². The summed E-state index contributed by atoms with van der Waals surface area (Å²) in [7, 11) is 0. The van der Waals surface area contributed by atoms with E-state index >= 15 is 0 Å². The van der Waals surface area contributed by atoms with Gasteiger partial charge < -0.3 is 14.6 Å². The molecule has 2 saturated heterocycles. The first-order valence-corrected chi connectivity index (χ1v) is 6.29. The Bertz CT molecular complexity index is 640. The average molecular weight is 259 g/mol. The summed E-state index contributed by atoms with van der Waals surface area (Å²) in [6, 6.07) is 2.11. The fourth-order valence-corrected chi connectivity index (χ4v) is 2.79. The van der Waals surface area contributed by atoms with Gasteiger partial charge in [0.2, 0.25) is 0 Å². The summed E-state index contributed by atoms with van der Waals surface area (Å²) in [5.74, 6) is 0.922. The number of hydrogen-bond acceptors (Lipinski definition) is 5. The standard InChI is InChI=1S/C12H13N5O2/c18-12-17-4-3-16(5-8(17)6-19-12)11-9-1-2-13-10(9)14-7-15-11/h1-2,7-8H,3-6H2,(H,13,14,15). The third-order valence-corrected chi connectivity index (χ3v) is 3.75. The lowest BCUT2D eigenvalue weighted by Gasteiger charge is -2.36. The number of aromatic nitrogens is 3. The lowest BCUT2D eigenvalue weighted by Crippen LogP contribution is -2.52. The van der Waals surface area contributed by atoms with Crippen LogP contribution in [0.15, 0.2) is 18.6 Å². The van der Waals surface area contributed by atoms with Gasteiger partial charge in [-0.25, -0.2) is 14.8 Å². The van der Waals surface area contributed by atoms with Crippen molar-refractivity contribution < 1.29 is 9.53 Å². The molecule has 0 saturated carbocycles. The third kappa shape index (κ3) is 1.54. The van der Waals surface area contributed by atoms with E-state index in [1.54, 1.807) is 11.2 Å². The van der Waals surface area contributed by atoms with Gasteiger partial charge in [-0.2, -0.15) is 0 Å². The van der Waals surface area contributed by atoms with Crippen molar-refractivity contribution in [3.63, 3.8) is 0 Å². The van der Waals surface area contributed by atoms with Gasteiger partial charge in [0.25, 0.3) is 0 Å². The average Bonchev–Trinajstić information content (AvgIpc) is 3.05. The van der Waals surface area contributed by atoms with Crippen LogP contribution in [-0.2, 0) is 4.74 Å².